The number of esters is 1. The standard InChI is InChI=1S/C19H20N2O4/c1-3-12-25-19(23)16-8-10-17(11-9-16)21-18(22)15-6-4-14(5-7-15)13-20-24-2/h4-11,13H,3,12H2,1-2H3,(H,21,22)/b20-13+. The molecule has 1 N–H and O–H groups in total. The Morgan fingerprint density at radius 3 is 2.28 bits per heavy atom. The second-order valence-corrected chi connectivity index (χ2v) is 5.21. The third kappa shape index (κ3) is 5.46. The molecular formula is C19H20N2O4. The van der Waals surface area contributed by atoms with Crippen molar-refractivity contribution in [3.05, 3.63) is 65.2 Å². The smallest absolute Gasteiger partial charge is 0.338 e. The Balaban J connectivity index is 1.98. The fourth-order valence-electron chi connectivity index (χ4n) is 2.01. The SMILES string of the molecule is CCCOC(=O)c1ccc(NC(=O)c2ccc(/C=N/OC)cc2)cc1. The van der Waals surface area contributed by atoms with E-state index in [9.17, 15) is 9.59 Å². The Morgan fingerprint density at radius 1 is 1.04 bits per heavy atom. The Kier molecular flexibility index (Phi) is 6.71. The summed E-state index contributed by atoms with van der Waals surface area (Å²) in [5.41, 5.74) is 2.39. The van der Waals surface area contributed by atoms with E-state index in [0.29, 0.717) is 23.4 Å². The highest BCUT2D eigenvalue weighted by molar-refractivity contribution is 6.04. The first kappa shape index (κ1) is 18.2. The van der Waals surface area contributed by atoms with Crippen LogP contribution in [0, 0.1) is 0 Å². The third-order valence-corrected chi connectivity index (χ3v) is 3.30. The number of hydrogen-bond donors (Lipinski definition) is 1. The van der Waals surface area contributed by atoms with Crippen molar-refractivity contribution < 1.29 is 19.2 Å². The molecule has 0 atom stereocenters. The van der Waals surface area contributed by atoms with Crippen molar-refractivity contribution >= 4 is 23.8 Å². The van der Waals surface area contributed by atoms with Crippen LogP contribution in [0.5, 0.6) is 0 Å². The minimum Gasteiger partial charge on any atom is -0.462 e. The molecule has 0 spiro atoms. The van der Waals surface area contributed by atoms with Gasteiger partial charge >= 0.3 is 5.97 Å². The molecule has 0 fully saturated rings. The maximum atomic E-state index is 12.2. The van der Waals surface area contributed by atoms with Crippen molar-refractivity contribution in [1.29, 1.82) is 0 Å². The van der Waals surface area contributed by atoms with Crippen LogP contribution in [0.3, 0.4) is 0 Å². The maximum absolute atomic E-state index is 12.2. The Labute approximate surface area is 146 Å². The highest BCUT2D eigenvalue weighted by Gasteiger charge is 2.09. The summed E-state index contributed by atoms with van der Waals surface area (Å²) in [6.45, 7) is 2.32. The number of amides is 1. The van der Waals surface area contributed by atoms with Gasteiger partial charge in [0.05, 0.1) is 18.4 Å². The number of hydrogen-bond acceptors (Lipinski definition) is 5. The molecule has 2 rings (SSSR count). The minimum atomic E-state index is -0.368. The zero-order chi connectivity index (χ0) is 18.1. The van der Waals surface area contributed by atoms with Gasteiger partial charge in [-0.15, -0.1) is 0 Å². The van der Waals surface area contributed by atoms with Crippen LogP contribution in [0.25, 0.3) is 0 Å². The second-order valence-electron chi connectivity index (χ2n) is 5.21. The Bertz CT molecular complexity index is 737. The van der Waals surface area contributed by atoms with E-state index >= 15 is 0 Å². The first-order valence-electron chi connectivity index (χ1n) is 7.89. The van der Waals surface area contributed by atoms with Gasteiger partial charge in [0, 0.05) is 11.3 Å². The van der Waals surface area contributed by atoms with Crippen LogP contribution in [-0.4, -0.2) is 31.8 Å². The molecule has 0 saturated carbocycles. The molecule has 0 bridgehead atoms. The molecule has 0 aliphatic rings. The molecular weight excluding hydrogens is 320 g/mol. The molecule has 0 unspecified atom stereocenters. The lowest BCUT2D eigenvalue weighted by Crippen LogP contribution is -2.12. The summed E-state index contributed by atoms with van der Waals surface area (Å²) in [7, 11) is 1.47. The average Bonchev–Trinajstić information content (AvgIpc) is 2.65. The predicted octanol–water partition coefficient (Wildman–Crippen LogP) is 3.49. The van der Waals surface area contributed by atoms with Crippen molar-refractivity contribution in [2.45, 2.75) is 13.3 Å². The van der Waals surface area contributed by atoms with E-state index in [4.69, 9.17) is 4.74 Å². The summed E-state index contributed by atoms with van der Waals surface area (Å²) in [5, 5.41) is 6.44. The number of carbonyl (C=O) groups excluding carboxylic acids is 2. The largest absolute Gasteiger partial charge is 0.462 e. The zero-order valence-electron chi connectivity index (χ0n) is 14.2. The number of benzene rings is 2. The van der Waals surface area contributed by atoms with Crippen molar-refractivity contribution in [2.75, 3.05) is 19.0 Å². The third-order valence-electron chi connectivity index (χ3n) is 3.30. The summed E-state index contributed by atoms with van der Waals surface area (Å²) in [6.07, 6.45) is 2.33. The number of nitrogens with one attached hydrogen (secondary N) is 1. The molecule has 25 heavy (non-hydrogen) atoms. The van der Waals surface area contributed by atoms with Crippen molar-refractivity contribution in [3.63, 3.8) is 0 Å². The topological polar surface area (TPSA) is 77.0 Å². The van der Waals surface area contributed by atoms with Crippen LogP contribution in [0.4, 0.5) is 5.69 Å². The van der Waals surface area contributed by atoms with E-state index in [2.05, 4.69) is 15.3 Å². The van der Waals surface area contributed by atoms with E-state index in [-0.39, 0.29) is 11.9 Å². The molecule has 130 valence electrons. The lowest BCUT2D eigenvalue weighted by molar-refractivity contribution is 0.0505. The average molecular weight is 340 g/mol. The lowest BCUT2D eigenvalue weighted by Gasteiger charge is -2.07. The second kappa shape index (κ2) is 9.22. The molecule has 1 amide bonds. The van der Waals surface area contributed by atoms with Crippen LogP contribution in [-0.2, 0) is 9.57 Å². The quantitative estimate of drug-likeness (QED) is 0.475. The highest BCUT2D eigenvalue weighted by atomic mass is 16.6. The summed E-state index contributed by atoms with van der Waals surface area (Å²) in [4.78, 5) is 28.6. The van der Waals surface area contributed by atoms with E-state index < -0.39 is 0 Å². The fraction of sp³-hybridized carbons (Fsp3) is 0.211. The van der Waals surface area contributed by atoms with Gasteiger partial charge in [-0.3, -0.25) is 4.79 Å². The Morgan fingerprint density at radius 2 is 1.68 bits per heavy atom. The molecule has 0 aliphatic carbocycles. The van der Waals surface area contributed by atoms with E-state index in [1.165, 1.54) is 7.11 Å². The van der Waals surface area contributed by atoms with Crippen LogP contribution in [0.15, 0.2) is 53.7 Å². The molecule has 2 aromatic carbocycles. The number of carbonyl (C=O) groups is 2. The van der Waals surface area contributed by atoms with Crippen molar-refractivity contribution in [1.82, 2.24) is 0 Å². The van der Waals surface area contributed by atoms with Crippen molar-refractivity contribution in [2.24, 2.45) is 5.16 Å². The summed E-state index contributed by atoms with van der Waals surface area (Å²) >= 11 is 0. The van der Waals surface area contributed by atoms with Gasteiger partial charge in [0.2, 0.25) is 0 Å². The molecule has 0 aromatic heterocycles. The highest BCUT2D eigenvalue weighted by Crippen LogP contribution is 2.13. The fourth-order valence-corrected chi connectivity index (χ4v) is 2.01. The van der Waals surface area contributed by atoms with Gasteiger partial charge in [-0.2, -0.15) is 0 Å². The van der Waals surface area contributed by atoms with Crippen LogP contribution < -0.4 is 5.32 Å². The number of ether oxygens (including phenoxy) is 1. The molecule has 6 nitrogen and oxygen atoms in total. The van der Waals surface area contributed by atoms with Gasteiger partial charge < -0.3 is 14.9 Å². The van der Waals surface area contributed by atoms with Gasteiger partial charge in [0.25, 0.3) is 5.91 Å². The van der Waals surface area contributed by atoms with E-state index in [1.807, 2.05) is 6.92 Å². The van der Waals surface area contributed by atoms with Gasteiger partial charge in [-0.25, -0.2) is 4.79 Å². The Hall–Kier alpha value is -3.15. The van der Waals surface area contributed by atoms with E-state index in [0.717, 1.165) is 12.0 Å². The predicted molar refractivity (Wildman–Crippen MR) is 96.0 cm³/mol. The van der Waals surface area contributed by atoms with E-state index in [1.54, 1.807) is 54.7 Å². The first-order valence-corrected chi connectivity index (χ1v) is 7.89. The van der Waals surface area contributed by atoms with Crippen molar-refractivity contribution in [3.8, 4) is 0 Å². The first-order chi connectivity index (χ1) is 12.1. The molecule has 0 radical (unpaired) electrons. The molecule has 0 saturated heterocycles. The number of oxime groups is 1. The number of anilines is 1. The number of nitrogens with zero attached hydrogens (tertiary/aromatic N) is 1. The summed E-state index contributed by atoms with van der Waals surface area (Å²) in [6, 6.07) is 13.5. The zero-order valence-corrected chi connectivity index (χ0v) is 14.2. The lowest BCUT2D eigenvalue weighted by atomic mass is 10.1. The van der Waals surface area contributed by atoms with Gasteiger partial charge in [0.1, 0.15) is 7.11 Å². The van der Waals surface area contributed by atoms with Gasteiger partial charge in [-0.05, 0) is 48.4 Å². The normalized spacial score (nSPS) is 10.5. The maximum Gasteiger partial charge on any atom is 0.338 e. The summed E-state index contributed by atoms with van der Waals surface area (Å²) in [5.74, 6) is -0.607. The molecule has 2 aromatic rings. The van der Waals surface area contributed by atoms with Crippen LogP contribution in [0.2, 0.25) is 0 Å². The number of rotatable bonds is 7. The molecule has 0 heterocycles. The van der Waals surface area contributed by atoms with Gasteiger partial charge in [0.15, 0.2) is 0 Å². The van der Waals surface area contributed by atoms with Gasteiger partial charge in [-0.1, -0.05) is 24.2 Å². The monoisotopic (exact) mass is 340 g/mol. The summed E-state index contributed by atoms with van der Waals surface area (Å²) < 4.78 is 5.06. The minimum absolute atomic E-state index is 0.239. The molecule has 6 heteroatoms. The molecule has 0 aliphatic heterocycles. The van der Waals surface area contributed by atoms with Crippen LogP contribution >= 0.6 is 0 Å². The van der Waals surface area contributed by atoms with Crippen LogP contribution in [0.1, 0.15) is 39.6 Å².